The lowest BCUT2D eigenvalue weighted by atomic mass is 10.1. The van der Waals surface area contributed by atoms with Gasteiger partial charge >= 0.3 is 4.87 Å². The lowest BCUT2D eigenvalue weighted by molar-refractivity contribution is -0.121. The number of hydrogen-bond acceptors (Lipinski definition) is 6. The standard InChI is InChI=1S/C15H18N2O5S/c1-20-10-6-12(21-2)11(13(7-10)22-3)8-16-14(18)9-17-4-5-23-15(17)19/h4-7H,8-9H2,1-3H3,(H,16,18). The predicted molar refractivity (Wildman–Crippen MR) is 86.5 cm³/mol. The fourth-order valence-electron chi connectivity index (χ4n) is 2.06. The second-order valence-corrected chi connectivity index (χ2v) is 5.44. The molecule has 8 heteroatoms. The van der Waals surface area contributed by atoms with E-state index in [1.807, 2.05) is 0 Å². The lowest BCUT2D eigenvalue weighted by Crippen LogP contribution is -2.30. The van der Waals surface area contributed by atoms with E-state index in [1.54, 1.807) is 30.8 Å². The van der Waals surface area contributed by atoms with Gasteiger partial charge in [-0.3, -0.25) is 14.2 Å². The number of nitrogens with one attached hydrogen (secondary N) is 1. The number of carbonyl (C=O) groups excluding carboxylic acids is 1. The number of rotatable bonds is 7. The number of carbonyl (C=O) groups is 1. The molecule has 0 aliphatic heterocycles. The van der Waals surface area contributed by atoms with E-state index in [0.717, 1.165) is 11.3 Å². The van der Waals surface area contributed by atoms with Crippen molar-refractivity contribution in [3.63, 3.8) is 0 Å². The fraction of sp³-hybridized carbons (Fsp3) is 0.333. The monoisotopic (exact) mass is 338 g/mol. The summed E-state index contributed by atoms with van der Waals surface area (Å²) in [6, 6.07) is 3.43. The van der Waals surface area contributed by atoms with Crippen LogP contribution in [0.1, 0.15) is 5.56 Å². The van der Waals surface area contributed by atoms with Crippen molar-refractivity contribution in [3.05, 3.63) is 38.9 Å². The molecule has 0 aliphatic carbocycles. The molecule has 2 rings (SSSR count). The summed E-state index contributed by atoms with van der Waals surface area (Å²) in [5.74, 6) is 1.42. The predicted octanol–water partition coefficient (Wildman–Crippen LogP) is 1.25. The van der Waals surface area contributed by atoms with E-state index in [-0.39, 0.29) is 23.9 Å². The number of methoxy groups -OCH3 is 3. The highest BCUT2D eigenvalue weighted by atomic mass is 32.1. The van der Waals surface area contributed by atoms with Gasteiger partial charge in [-0.15, -0.1) is 0 Å². The van der Waals surface area contributed by atoms with Crippen LogP contribution in [0.2, 0.25) is 0 Å². The Kier molecular flexibility index (Phi) is 5.64. The Labute approximate surface area is 137 Å². The summed E-state index contributed by atoms with van der Waals surface area (Å²) in [7, 11) is 4.61. The van der Waals surface area contributed by atoms with E-state index in [0.29, 0.717) is 22.8 Å². The molecule has 1 heterocycles. The zero-order chi connectivity index (χ0) is 16.8. The average Bonchev–Trinajstić information content (AvgIpc) is 2.96. The van der Waals surface area contributed by atoms with Gasteiger partial charge in [0, 0.05) is 23.7 Å². The van der Waals surface area contributed by atoms with Crippen molar-refractivity contribution in [1.82, 2.24) is 9.88 Å². The van der Waals surface area contributed by atoms with E-state index in [9.17, 15) is 9.59 Å². The highest BCUT2D eigenvalue weighted by molar-refractivity contribution is 7.07. The maximum atomic E-state index is 12.0. The number of hydrogen-bond donors (Lipinski definition) is 1. The van der Waals surface area contributed by atoms with Gasteiger partial charge in [0.05, 0.1) is 33.4 Å². The molecule has 2 aromatic rings. The molecule has 0 aliphatic rings. The van der Waals surface area contributed by atoms with E-state index in [1.165, 1.54) is 18.8 Å². The number of ether oxygens (including phenoxy) is 3. The smallest absolute Gasteiger partial charge is 0.307 e. The normalized spacial score (nSPS) is 10.2. The maximum Gasteiger partial charge on any atom is 0.307 e. The maximum absolute atomic E-state index is 12.0. The first-order chi connectivity index (χ1) is 11.1. The van der Waals surface area contributed by atoms with E-state index in [4.69, 9.17) is 14.2 Å². The zero-order valence-electron chi connectivity index (χ0n) is 13.1. The molecule has 0 radical (unpaired) electrons. The summed E-state index contributed by atoms with van der Waals surface area (Å²) in [6.45, 7) is 0.192. The lowest BCUT2D eigenvalue weighted by Gasteiger charge is -2.15. The summed E-state index contributed by atoms with van der Waals surface area (Å²) in [4.78, 5) is 23.3. The fourth-order valence-corrected chi connectivity index (χ4v) is 2.64. The summed E-state index contributed by atoms with van der Waals surface area (Å²) in [6.07, 6.45) is 1.58. The Bertz CT molecular complexity index is 712. The van der Waals surface area contributed by atoms with Gasteiger partial charge in [0.2, 0.25) is 5.91 Å². The van der Waals surface area contributed by atoms with Gasteiger partial charge in [0.15, 0.2) is 0 Å². The van der Waals surface area contributed by atoms with Crippen molar-refractivity contribution in [3.8, 4) is 17.2 Å². The second kappa shape index (κ2) is 7.68. The van der Waals surface area contributed by atoms with Crippen LogP contribution in [0.5, 0.6) is 17.2 Å². The molecule has 0 bridgehead atoms. The minimum atomic E-state index is -0.273. The van der Waals surface area contributed by atoms with Gasteiger partial charge in [-0.2, -0.15) is 0 Å². The third kappa shape index (κ3) is 4.04. The number of aromatic nitrogens is 1. The van der Waals surface area contributed by atoms with Crippen molar-refractivity contribution < 1.29 is 19.0 Å². The summed E-state index contributed by atoms with van der Waals surface area (Å²) >= 11 is 1.05. The molecule has 1 amide bonds. The Morgan fingerprint density at radius 2 is 1.83 bits per heavy atom. The molecular weight excluding hydrogens is 320 g/mol. The number of amides is 1. The van der Waals surface area contributed by atoms with Crippen molar-refractivity contribution in [2.24, 2.45) is 0 Å². The van der Waals surface area contributed by atoms with Crippen LogP contribution in [-0.4, -0.2) is 31.8 Å². The zero-order valence-corrected chi connectivity index (χ0v) is 13.9. The van der Waals surface area contributed by atoms with Crippen LogP contribution in [0.4, 0.5) is 0 Å². The van der Waals surface area contributed by atoms with Crippen LogP contribution in [0, 0.1) is 0 Å². The second-order valence-electron chi connectivity index (χ2n) is 4.58. The van der Waals surface area contributed by atoms with Gasteiger partial charge in [-0.05, 0) is 0 Å². The largest absolute Gasteiger partial charge is 0.496 e. The Morgan fingerprint density at radius 1 is 1.17 bits per heavy atom. The molecule has 0 spiro atoms. The van der Waals surface area contributed by atoms with Crippen LogP contribution in [0.15, 0.2) is 28.5 Å². The molecule has 7 nitrogen and oxygen atoms in total. The van der Waals surface area contributed by atoms with Crippen LogP contribution >= 0.6 is 11.3 Å². The summed E-state index contributed by atoms with van der Waals surface area (Å²) < 4.78 is 17.2. The number of thiazole rings is 1. The summed E-state index contributed by atoms with van der Waals surface area (Å²) in [5, 5.41) is 4.40. The average molecular weight is 338 g/mol. The topological polar surface area (TPSA) is 78.8 Å². The van der Waals surface area contributed by atoms with Crippen molar-refractivity contribution >= 4 is 17.2 Å². The molecule has 0 saturated carbocycles. The first kappa shape index (κ1) is 16.9. The highest BCUT2D eigenvalue weighted by Crippen LogP contribution is 2.33. The van der Waals surface area contributed by atoms with Crippen molar-refractivity contribution in [2.75, 3.05) is 21.3 Å². The number of nitrogens with zero attached hydrogens (tertiary/aromatic N) is 1. The quantitative estimate of drug-likeness (QED) is 0.822. The van der Waals surface area contributed by atoms with Crippen LogP contribution in [-0.2, 0) is 17.9 Å². The first-order valence-electron chi connectivity index (χ1n) is 6.78. The molecule has 1 N–H and O–H groups in total. The van der Waals surface area contributed by atoms with Gasteiger partial charge in [0.25, 0.3) is 0 Å². The third-order valence-corrected chi connectivity index (χ3v) is 3.93. The molecule has 0 saturated heterocycles. The third-order valence-electron chi connectivity index (χ3n) is 3.24. The molecular formula is C15H18N2O5S. The molecule has 0 unspecified atom stereocenters. The molecule has 124 valence electrons. The van der Waals surface area contributed by atoms with Gasteiger partial charge in [-0.25, -0.2) is 0 Å². The Morgan fingerprint density at radius 3 is 2.30 bits per heavy atom. The van der Waals surface area contributed by atoms with Crippen LogP contribution in [0.3, 0.4) is 0 Å². The van der Waals surface area contributed by atoms with E-state index < -0.39 is 0 Å². The number of benzene rings is 1. The summed E-state index contributed by atoms with van der Waals surface area (Å²) in [5.41, 5.74) is 0.696. The van der Waals surface area contributed by atoms with Gasteiger partial charge in [0.1, 0.15) is 23.8 Å². The first-order valence-corrected chi connectivity index (χ1v) is 7.66. The molecule has 1 aromatic carbocycles. The Balaban J connectivity index is 2.11. The molecule has 0 fully saturated rings. The SMILES string of the molecule is COc1cc(OC)c(CNC(=O)Cn2ccsc2=O)c(OC)c1. The molecule has 1 aromatic heterocycles. The van der Waals surface area contributed by atoms with Gasteiger partial charge < -0.3 is 19.5 Å². The van der Waals surface area contributed by atoms with Crippen molar-refractivity contribution in [2.45, 2.75) is 13.1 Å². The minimum absolute atomic E-state index is 0.0247. The van der Waals surface area contributed by atoms with Gasteiger partial charge in [-0.1, -0.05) is 11.3 Å². The van der Waals surface area contributed by atoms with E-state index in [2.05, 4.69) is 5.32 Å². The van der Waals surface area contributed by atoms with Crippen LogP contribution < -0.4 is 24.4 Å². The Hall–Kier alpha value is -2.48. The molecule has 0 atom stereocenters. The van der Waals surface area contributed by atoms with Crippen molar-refractivity contribution in [1.29, 1.82) is 0 Å². The molecule has 23 heavy (non-hydrogen) atoms. The van der Waals surface area contributed by atoms with E-state index >= 15 is 0 Å². The minimum Gasteiger partial charge on any atom is -0.496 e. The highest BCUT2D eigenvalue weighted by Gasteiger charge is 2.14. The van der Waals surface area contributed by atoms with Crippen LogP contribution in [0.25, 0.3) is 0 Å².